The monoisotopic (exact) mass is 218 g/mol. The van der Waals surface area contributed by atoms with Crippen LogP contribution < -0.4 is 0 Å². The van der Waals surface area contributed by atoms with Gasteiger partial charge in [0.15, 0.2) is 0 Å². The van der Waals surface area contributed by atoms with Gasteiger partial charge in [0.25, 0.3) is 0 Å². The van der Waals surface area contributed by atoms with E-state index < -0.39 is 0 Å². The zero-order chi connectivity index (χ0) is 11.8. The Balaban J connectivity index is 2.19. The minimum atomic E-state index is -0.0608. The normalized spacial score (nSPS) is 31.0. The van der Waals surface area contributed by atoms with Crippen LogP contribution >= 0.6 is 0 Å². The van der Waals surface area contributed by atoms with Gasteiger partial charge in [-0.05, 0) is 58.6 Å². The van der Waals surface area contributed by atoms with Crippen LogP contribution in [0.1, 0.15) is 47.0 Å². The third-order valence-electron chi connectivity index (χ3n) is 3.75. The lowest BCUT2D eigenvalue weighted by molar-refractivity contribution is -0.0123. The van der Waals surface area contributed by atoms with Crippen molar-refractivity contribution in [2.75, 3.05) is 0 Å². The zero-order valence-electron chi connectivity index (χ0n) is 10.8. The molecule has 0 bridgehead atoms. The number of hydrogen-bond acceptors (Lipinski definition) is 1. The molecule has 1 atom stereocenters. The summed E-state index contributed by atoms with van der Waals surface area (Å²) in [5, 5.41) is 0. The Hall–Kier alpha value is -0.980. The minimum Gasteiger partial charge on any atom is -0.492 e. The first-order chi connectivity index (χ1) is 7.49. The van der Waals surface area contributed by atoms with Crippen molar-refractivity contribution in [2.45, 2.75) is 52.6 Å². The van der Waals surface area contributed by atoms with Crippen LogP contribution in [0.3, 0.4) is 0 Å². The predicted molar refractivity (Wildman–Crippen MR) is 68.1 cm³/mol. The van der Waals surface area contributed by atoms with Crippen LogP contribution in [0.2, 0.25) is 0 Å². The lowest BCUT2D eigenvalue weighted by Gasteiger charge is -2.37. The molecule has 1 aliphatic heterocycles. The molecule has 1 heteroatoms. The first-order valence-electron chi connectivity index (χ1n) is 6.22. The Bertz CT molecular complexity index is 369. The highest BCUT2D eigenvalue weighted by atomic mass is 16.5. The first kappa shape index (κ1) is 11.5. The summed E-state index contributed by atoms with van der Waals surface area (Å²) >= 11 is 0. The molecule has 2 rings (SSSR count). The Labute approximate surface area is 98.9 Å². The van der Waals surface area contributed by atoms with Crippen LogP contribution in [-0.4, -0.2) is 5.60 Å². The zero-order valence-corrected chi connectivity index (χ0v) is 10.8. The van der Waals surface area contributed by atoms with E-state index in [9.17, 15) is 0 Å². The summed E-state index contributed by atoms with van der Waals surface area (Å²) in [5.74, 6) is 1.57. The Morgan fingerprint density at radius 2 is 2.06 bits per heavy atom. The fraction of sp³-hybridized carbons (Fsp3) is 0.600. The second-order valence-corrected chi connectivity index (χ2v) is 5.48. The Morgan fingerprint density at radius 3 is 2.62 bits per heavy atom. The molecular weight excluding hydrogens is 196 g/mol. The molecule has 1 heterocycles. The van der Waals surface area contributed by atoms with Crippen LogP contribution in [0.25, 0.3) is 0 Å². The van der Waals surface area contributed by atoms with Crippen molar-refractivity contribution in [3.05, 3.63) is 35.1 Å². The van der Waals surface area contributed by atoms with Crippen molar-refractivity contribution >= 4 is 0 Å². The van der Waals surface area contributed by atoms with E-state index in [0.29, 0.717) is 5.92 Å². The van der Waals surface area contributed by atoms with E-state index >= 15 is 0 Å². The lowest BCUT2D eigenvalue weighted by Crippen LogP contribution is -2.35. The Morgan fingerprint density at radius 1 is 1.31 bits per heavy atom. The largest absolute Gasteiger partial charge is 0.492 e. The molecule has 0 aromatic rings. The molecule has 0 amide bonds. The van der Waals surface area contributed by atoms with Gasteiger partial charge in [0, 0.05) is 5.92 Å². The van der Waals surface area contributed by atoms with Crippen molar-refractivity contribution in [1.29, 1.82) is 0 Å². The molecule has 0 fully saturated rings. The molecular formula is C15H22O. The highest BCUT2D eigenvalue weighted by molar-refractivity contribution is 5.35. The third-order valence-corrected chi connectivity index (χ3v) is 3.75. The number of ether oxygens (including phenoxy) is 1. The molecule has 1 nitrogen and oxygen atoms in total. The first-order valence-corrected chi connectivity index (χ1v) is 6.22. The van der Waals surface area contributed by atoms with Gasteiger partial charge in [-0.2, -0.15) is 0 Å². The van der Waals surface area contributed by atoms with Gasteiger partial charge < -0.3 is 4.74 Å². The summed E-state index contributed by atoms with van der Waals surface area (Å²) in [6.07, 6.45) is 10.5. The van der Waals surface area contributed by atoms with Crippen molar-refractivity contribution < 1.29 is 4.74 Å². The van der Waals surface area contributed by atoms with Gasteiger partial charge in [-0.1, -0.05) is 17.7 Å². The van der Waals surface area contributed by atoms with Crippen molar-refractivity contribution in [3.63, 3.8) is 0 Å². The van der Waals surface area contributed by atoms with Crippen molar-refractivity contribution in [2.24, 2.45) is 5.92 Å². The van der Waals surface area contributed by atoms with Gasteiger partial charge in [-0.25, -0.2) is 0 Å². The van der Waals surface area contributed by atoms with E-state index in [1.54, 1.807) is 0 Å². The molecule has 88 valence electrons. The van der Waals surface area contributed by atoms with Gasteiger partial charge in [0.2, 0.25) is 0 Å². The topological polar surface area (TPSA) is 9.23 Å². The quantitative estimate of drug-likeness (QED) is 0.635. The molecule has 0 radical (unpaired) electrons. The summed E-state index contributed by atoms with van der Waals surface area (Å²) in [4.78, 5) is 0. The van der Waals surface area contributed by atoms with Crippen LogP contribution in [-0.2, 0) is 4.74 Å². The van der Waals surface area contributed by atoms with E-state index in [4.69, 9.17) is 4.74 Å². The van der Waals surface area contributed by atoms with E-state index in [0.717, 1.165) is 12.2 Å². The smallest absolute Gasteiger partial charge is 0.109 e. The van der Waals surface area contributed by atoms with E-state index in [1.807, 2.05) is 6.92 Å². The number of allylic oxidation sites excluding steroid dienone is 5. The lowest BCUT2D eigenvalue weighted by atomic mass is 9.83. The standard InChI is InChI=1S/C15H22O/c1-11-6-5-7-13(11)10-14-9-8-12(2)16-15(14,3)4/h6,8,10,14H,5,7,9H2,1-4H3/b13-10-/t14-/m0/s1. The third kappa shape index (κ3) is 2.23. The van der Waals surface area contributed by atoms with Crippen molar-refractivity contribution in [3.8, 4) is 0 Å². The van der Waals surface area contributed by atoms with Gasteiger partial charge >= 0.3 is 0 Å². The van der Waals surface area contributed by atoms with Gasteiger partial charge in [0.1, 0.15) is 5.60 Å². The average Bonchev–Trinajstić information content (AvgIpc) is 2.56. The van der Waals surface area contributed by atoms with Crippen LogP contribution in [0.15, 0.2) is 35.1 Å². The van der Waals surface area contributed by atoms with Gasteiger partial charge in [-0.15, -0.1) is 0 Å². The molecule has 0 saturated heterocycles. The second-order valence-electron chi connectivity index (χ2n) is 5.48. The summed E-state index contributed by atoms with van der Waals surface area (Å²) in [7, 11) is 0. The molecule has 0 saturated carbocycles. The predicted octanol–water partition coefficient (Wildman–Crippen LogP) is 4.37. The summed E-state index contributed by atoms with van der Waals surface area (Å²) < 4.78 is 5.93. The maximum Gasteiger partial charge on any atom is 0.109 e. The number of rotatable bonds is 1. The highest BCUT2D eigenvalue weighted by Gasteiger charge is 2.32. The maximum absolute atomic E-state index is 5.93. The molecule has 16 heavy (non-hydrogen) atoms. The summed E-state index contributed by atoms with van der Waals surface area (Å²) in [6.45, 7) is 8.65. The van der Waals surface area contributed by atoms with Crippen molar-refractivity contribution in [1.82, 2.24) is 0 Å². The molecule has 0 aromatic heterocycles. The molecule has 1 aliphatic carbocycles. The summed E-state index contributed by atoms with van der Waals surface area (Å²) in [6, 6.07) is 0. The van der Waals surface area contributed by atoms with Crippen LogP contribution in [0, 0.1) is 5.92 Å². The Kier molecular flexibility index (Phi) is 2.96. The molecule has 0 aromatic carbocycles. The highest BCUT2D eigenvalue weighted by Crippen LogP contribution is 2.36. The molecule has 0 spiro atoms. The van der Waals surface area contributed by atoms with Crippen LogP contribution in [0.4, 0.5) is 0 Å². The average molecular weight is 218 g/mol. The molecule has 0 unspecified atom stereocenters. The van der Waals surface area contributed by atoms with E-state index in [2.05, 4.69) is 39.0 Å². The van der Waals surface area contributed by atoms with Crippen LogP contribution in [0.5, 0.6) is 0 Å². The van der Waals surface area contributed by atoms with E-state index in [-0.39, 0.29) is 5.60 Å². The molecule has 2 aliphatic rings. The fourth-order valence-corrected chi connectivity index (χ4v) is 2.61. The minimum absolute atomic E-state index is 0.0608. The fourth-order valence-electron chi connectivity index (χ4n) is 2.61. The maximum atomic E-state index is 5.93. The van der Waals surface area contributed by atoms with E-state index in [1.165, 1.54) is 24.0 Å². The van der Waals surface area contributed by atoms with Gasteiger partial charge in [-0.3, -0.25) is 0 Å². The second kappa shape index (κ2) is 4.12. The molecule has 0 N–H and O–H groups in total. The summed E-state index contributed by atoms with van der Waals surface area (Å²) in [5.41, 5.74) is 2.92. The van der Waals surface area contributed by atoms with Gasteiger partial charge in [0.05, 0.1) is 5.76 Å². The number of hydrogen-bond donors (Lipinski definition) is 0. The SMILES string of the molecule is CC1=CC[C@@H](/C=C2/CCC=C2C)C(C)(C)O1.